The summed E-state index contributed by atoms with van der Waals surface area (Å²) in [6.45, 7) is 7.17. The van der Waals surface area contributed by atoms with E-state index in [4.69, 9.17) is 5.84 Å². The second-order valence-electron chi connectivity index (χ2n) is 8.57. The SMILES string of the molecule is CC(C)(C)N(N)C(=O)NCCCCC(=O)N1CCCC2CCCCC21. The summed E-state index contributed by atoms with van der Waals surface area (Å²) in [6, 6.07) is 0.229. The lowest BCUT2D eigenvalue weighted by Crippen LogP contribution is -2.54. The first-order valence-electron chi connectivity index (χ1n) is 9.93. The molecule has 0 aromatic heterocycles. The van der Waals surface area contributed by atoms with Gasteiger partial charge in [0.05, 0.1) is 5.54 Å². The van der Waals surface area contributed by atoms with Crippen molar-refractivity contribution in [2.75, 3.05) is 13.1 Å². The minimum Gasteiger partial charge on any atom is -0.339 e. The monoisotopic (exact) mass is 352 g/mol. The Morgan fingerprint density at radius 1 is 1.12 bits per heavy atom. The number of piperidine rings is 1. The van der Waals surface area contributed by atoms with E-state index >= 15 is 0 Å². The largest absolute Gasteiger partial charge is 0.339 e. The summed E-state index contributed by atoms with van der Waals surface area (Å²) in [7, 11) is 0. The molecule has 1 aliphatic heterocycles. The van der Waals surface area contributed by atoms with Crippen LogP contribution in [0.15, 0.2) is 0 Å². The van der Waals surface area contributed by atoms with E-state index in [0.717, 1.165) is 31.7 Å². The van der Waals surface area contributed by atoms with Gasteiger partial charge in [0, 0.05) is 25.6 Å². The number of hydrogen-bond donors (Lipinski definition) is 2. The molecular weight excluding hydrogens is 316 g/mol. The zero-order valence-corrected chi connectivity index (χ0v) is 16.2. The van der Waals surface area contributed by atoms with Crippen molar-refractivity contribution in [3.63, 3.8) is 0 Å². The van der Waals surface area contributed by atoms with Crippen LogP contribution in [0.3, 0.4) is 0 Å². The van der Waals surface area contributed by atoms with Crippen LogP contribution in [0, 0.1) is 5.92 Å². The summed E-state index contributed by atoms with van der Waals surface area (Å²) in [4.78, 5) is 26.7. The highest BCUT2D eigenvalue weighted by Crippen LogP contribution is 2.35. The van der Waals surface area contributed by atoms with Gasteiger partial charge in [-0.2, -0.15) is 0 Å². The standard InChI is InChI=1S/C19H36N4O2/c1-19(2,3)23(20)18(25)21-13-7-6-12-17(24)22-14-8-10-15-9-4-5-11-16(15)22/h15-16H,4-14,20H2,1-3H3,(H,21,25). The number of nitrogens with zero attached hydrogens (tertiary/aromatic N) is 2. The number of likely N-dealkylation sites (tertiary alicyclic amines) is 1. The predicted octanol–water partition coefficient (Wildman–Crippen LogP) is 3.02. The molecule has 0 spiro atoms. The molecule has 0 aromatic rings. The number of carbonyl (C=O) groups is 2. The lowest BCUT2D eigenvalue weighted by atomic mass is 9.78. The third-order valence-corrected chi connectivity index (χ3v) is 5.60. The molecule has 6 heteroatoms. The van der Waals surface area contributed by atoms with Gasteiger partial charge < -0.3 is 10.2 Å². The van der Waals surface area contributed by atoms with Gasteiger partial charge in [-0.05, 0) is 65.2 Å². The molecule has 0 bridgehead atoms. The zero-order valence-electron chi connectivity index (χ0n) is 16.2. The Labute approximate surface area is 152 Å². The highest BCUT2D eigenvalue weighted by atomic mass is 16.2. The summed E-state index contributed by atoms with van der Waals surface area (Å²) in [6.07, 6.45) is 9.73. The molecule has 2 atom stereocenters. The molecule has 6 nitrogen and oxygen atoms in total. The Morgan fingerprint density at radius 3 is 2.52 bits per heavy atom. The van der Waals surface area contributed by atoms with E-state index in [1.54, 1.807) is 0 Å². The van der Waals surface area contributed by atoms with Crippen molar-refractivity contribution in [2.45, 2.75) is 90.1 Å². The minimum absolute atomic E-state index is 0.264. The van der Waals surface area contributed by atoms with Crippen LogP contribution in [0.2, 0.25) is 0 Å². The molecule has 3 amide bonds. The minimum atomic E-state index is -0.398. The molecule has 1 saturated carbocycles. The Balaban J connectivity index is 1.66. The lowest BCUT2D eigenvalue weighted by Gasteiger charge is -2.44. The van der Waals surface area contributed by atoms with Crippen LogP contribution in [0.25, 0.3) is 0 Å². The number of nitrogens with one attached hydrogen (secondary N) is 1. The molecule has 2 unspecified atom stereocenters. The van der Waals surface area contributed by atoms with Crippen molar-refractivity contribution in [3.8, 4) is 0 Å². The number of hydrazine groups is 1. The molecule has 2 fully saturated rings. The average molecular weight is 353 g/mol. The van der Waals surface area contributed by atoms with Gasteiger partial charge >= 0.3 is 6.03 Å². The quantitative estimate of drug-likeness (QED) is 0.345. The Kier molecular flexibility index (Phi) is 7.11. The van der Waals surface area contributed by atoms with Gasteiger partial charge in [-0.3, -0.25) is 9.80 Å². The number of nitrogens with two attached hydrogens (primary N) is 1. The maximum absolute atomic E-state index is 12.6. The normalized spacial score (nSPS) is 23.8. The van der Waals surface area contributed by atoms with Crippen LogP contribution in [-0.4, -0.2) is 46.5 Å². The van der Waals surface area contributed by atoms with E-state index < -0.39 is 5.54 Å². The number of hydrogen-bond acceptors (Lipinski definition) is 3. The Bertz CT molecular complexity index is 459. The van der Waals surface area contributed by atoms with Crippen molar-refractivity contribution in [3.05, 3.63) is 0 Å². The van der Waals surface area contributed by atoms with Gasteiger partial charge in [-0.15, -0.1) is 0 Å². The van der Waals surface area contributed by atoms with E-state index in [0.29, 0.717) is 24.9 Å². The first-order chi connectivity index (χ1) is 11.8. The van der Waals surface area contributed by atoms with E-state index in [2.05, 4.69) is 10.2 Å². The fourth-order valence-electron chi connectivity index (χ4n) is 4.06. The van der Waals surface area contributed by atoms with Crippen molar-refractivity contribution in [2.24, 2.45) is 11.8 Å². The first-order valence-corrected chi connectivity index (χ1v) is 9.93. The second-order valence-corrected chi connectivity index (χ2v) is 8.57. The zero-order chi connectivity index (χ0) is 18.4. The van der Waals surface area contributed by atoms with E-state index in [-0.39, 0.29) is 6.03 Å². The Morgan fingerprint density at radius 2 is 1.80 bits per heavy atom. The molecule has 0 radical (unpaired) electrons. The number of carbonyl (C=O) groups excluding carboxylic acids is 2. The van der Waals surface area contributed by atoms with Gasteiger partial charge in [0.15, 0.2) is 0 Å². The molecule has 3 N–H and O–H groups in total. The second kappa shape index (κ2) is 8.88. The van der Waals surface area contributed by atoms with Gasteiger partial charge in [0.1, 0.15) is 0 Å². The summed E-state index contributed by atoms with van der Waals surface area (Å²) in [5.41, 5.74) is -0.398. The van der Waals surface area contributed by atoms with Crippen LogP contribution in [0.5, 0.6) is 0 Å². The molecule has 2 rings (SSSR count). The van der Waals surface area contributed by atoms with Crippen molar-refractivity contribution in [1.29, 1.82) is 0 Å². The van der Waals surface area contributed by atoms with Crippen LogP contribution in [0.4, 0.5) is 4.79 Å². The van der Waals surface area contributed by atoms with Crippen LogP contribution in [-0.2, 0) is 4.79 Å². The molecule has 1 aliphatic carbocycles. The molecule has 25 heavy (non-hydrogen) atoms. The maximum atomic E-state index is 12.6. The van der Waals surface area contributed by atoms with E-state index in [1.165, 1.54) is 37.1 Å². The van der Waals surface area contributed by atoms with Crippen LogP contribution >= 0.6 is 0 Å². The highest BCUT2D eigenvalue weighted by Gasteiger charge is 2.35. The average Bonchev–Trinajstić information content (AvgIpc) is 2.59. The molecule has 0 aromatic carbocycles. The van der Waals surface area contributed by atoms with Crippen LogP contribution in [0.1, 0.15) is 78.6 Å². The predicted molar refractivity (Wildman–Crippen MR) is 99.7 cm³/mol. The van der Waals surface area contributed by atoms with Crippen molar-refractivity contribution in [1.82, 2.24) is 15.2 Å². The number of rotatable bonds is 5. The summed E-state index contributed by atoms with van der Waals surface area (Å²) < 4.78 is 0. The number of amides is 3. The molecule has 1 saturated heterocycles. The van der Waals surface area contributed by atoms with Crippen LogP contribution < -0.4 is 11.2 Å². The third kappa shape index (κ3) is 5.59. The summed E-state index contributed by atoms with van der Waals surface area (Å²) in [5.74, 6) is 6.82. The van der Waals surface area contributed by atoms with E-state index in [9.17, 15) is 9.59 Å². The number of fused-ring (bicyclic) bond motifs is 1. The third-order valence-electron chi connectivity index (χ3n) is 5.60. The number of unbranched alkanes of at least 4 members (excludes halogenated alkanes) is 1. The van der Waals surface area contributed by atoms with Crippen molar-refractivity contribution < 1.29 is 9.59 Å². The lowest BCUT2D eigenvalue weighted by molar-refractivity contribution is -0.137. The van der Waals surface area contributed by atoms with Gasteiger partial charge in [-0.25, -0.2) is 10.6 Å². The fraction of sp³-hybridized carbons (Fsp3) is 0.895. The molecule has 1 heterocycles. The molecule has 2 aliphatic rings. The highest BCUT2D eigenvalue weighted by molar-refractivity contribution is 5.76. The van der Waals surface area contributed by atoms with Gasteiger partial charge in [0.2, 0.25) is 5.91 Å². The van der Waals surface area contributed by atoms with Gasteiger partial charge in [-0.1, -0.05) is 12.8 Å². The van der Waals surface area contributed by atoms with E-state index in [1.807, 2.05) is 20.8 Å². The Hall–Kier alpha value is -1.30. The molecular formula is C19H36N4O2. The van der Waals surface area contributed by atoms with Crippen molar-refractivity contribution >= 4 is 11.9 Å². The van der Waals surface area contributed by atoms with Gasteiger partial charge in [0.25, 0.3) is 0 Å². The molecule has 144 valence electrons. The topological polar surface area (TPSA) is 78.7 Å². The number of urea groups is 1. The summed E-state index contributed by atoms with van der Waals surface area (Å²) in [5, 5.41) is 4.04. The summed E-state index contributed by atoms with van der Waals surface area (Å²) >= 11 is 0. The first kappa shape index (κ1) is 20.0. The maximum Gasteiger partial charge on any atom is 0.332 e. The fourth-order valence-corrected chi connectivity index (χ4v) is 4.06. The smallest absolute Gasteiger partial charge is 0.332 e.